The Morgan fingerprint density at radius 3 is 2.65 bits per heavy atom. The van der Waals surface area contributed by atoms with Crippen molar-refractivity contribution < 1.29 is 18.4 Å². The molecular weight excluding hydrogens is 347 g/mol. The molecule has 1 fully saturated rings. The van der Waals surface area contributed by atoms with E-state index in [9.17, 15) is 13.2 Å². The van der Waals surface area contributed by atoms with Gasteiger partial charge in [0.25, 0.3) is 0 Å². The smallest absolute Gasteiger partial charge is 0.406 e. The fourth-order valence-corrected chi connectivity index (χ4v) is 3.40. The van der Waals surface area contributed by atoms with Crippen molar-refractivity contribution in [2.24, 2.45) is 10.9 Å². The van der Waals surface area contributed by atoms with Gasteiger partial charge < -0.3 is 25.7 Å². The number of aromatic nitrogens is 1. The molecule has 142 valence electrons. The van der Waals surface area contributed by atoms with Gasteiger partial charge in [-0.3, -0.25) is 0 Å². The fourth-order valence-electron chi connectivity index (χ4n) is 3.40. The maximum absolute atomic E-state index is 13.0. The number of nitrogens with zero attached hydrogens (tertiary/aromatic N) is 3. The summed E-state index contributed by atoms with van der Waals surface area (Å²) in [6.45, 7) is 0.732. The molecule has 0 atom stereocenters. The molecule has 1 aromatic carbocycles. The van der Waals surface area contributed by atoms with Crippen LogP contribution >= 0.6 is 0 Å². The van der Waals surface area contributed by atoms with Crippen molar-refractivity contribution in [2.75, 3.05) is 25.5 Å². The van der Waals surface area contributed by atoms with E-state index in [-0.39, 0.29) is 17.6 Å². The van der Waals surface area contributed by atoms with Crippen molar-refractivity contribution in [3.63, 3.8) is 0 Å². The minimum atomic E-state index is -4.42. The Balaban J connectivity index is 2.01. The summed E-state index contributed by atoms with van der Waals surface area (Å²) in [5.74, 6) is -0.351. The third-order valence-electron chi connectivity index (χ3n) is 4.73. The average molecular weight is 369 g/mol. The highest BCUT2D eigenvalue weighted by atomic mass is 19.4. The van der Waals surface area contributed by atoms with Gasteiger partial charge in [0, 0.05) is 17.1 Å². The molecule has 0 spiro atoms. The Hall–Kier alpha value is -2.42. The molecule has 1 saturated heterocycles. The molecule has 0 bridgehead atoms. The monoisotopic (exact) mass is 369 g/mol. The number of oxime groups is 1. The number of amidine groups is 1. The summed E-state index contributed by atoms with van der Waals surface area (Å²) in [5.41, 5.74) is 6.80. The van der Waals surface area contributed by atoms with E-state index in [1.807, 2.05) is 6.07 Å². The number of anilines is 1. The lowest BCUT2D eigenvalue weighted by molar-refractivity contribution is -0.139. The molecule has 26 heavy (non-hydrogen) atoms. The van der Waals surface area contributed by atoms with Crippen LogP contribution in [0.25, 0.3) is 10.9 Å². The number of fused-ring (bicyclic) bond motifs is 1. The summed E-state index contributed by atoms with van der Waals surface area (Å²) in [6.07, 6.45) is -2.50. The summed E-state index contributed by atoms with van der Waals surface area (Å²) in [5, 5.41) is 15.9. The van der Waals surface area contributed by atoms with Crippen molar-refractivity contribution in [2.45, 2.75) is 31.6 Å². The minimum absolute atomic E-state index is 0.0393. The molecule has 6 nitrogen and oxygen atoms in total. The molecule has 0 amide bonds. The molecule has 1 aromatic heterocycles. The predicted octanol–water partition coefficient (Wildman–Crippen LogP) is 2.80. The van der Waals surface area contributed by atoms with Gasteiger partial charge in [0.1, 0.15) is 6.54 Å². The second-order valence-electron chi connectivity index (χ2n) is 6.68. The molecule has 0 saturated carbocycles. The molecule has 9 heteroatoms. The molecule has 0 aliphatic carbocycles. The third kappa shape index (κ3) is 3.87. The largest absolute Gasteiger partial charge is 0.409 e. The van der Waals surface area contributed by atoms with Crippen LogP contribution in [-0.2, 0) is 6.54 Å². The highest BCUT2D eigenvalue weighted by Gasteiger charge is 2.31. The number of nitrogens with one attached hydrogen (secondary N) is 1. The zero-order valence-corrected chi connectivity index (χ0v) is 14.4. The maximum Gasteiger partial charge on any atom is 0.406 e. The zero-order valence-electron chi connectivity index (χ0n) is 14.4. The Morgan fingerprint density at radius 2 is 2.04 bits per heavy atom. The standard InChI is InChI=1S/C17H22F3N5O/c1-24-7-5-11(6-8-24)22-13-3-2-4-14-12(13)9-15(16(21)23-26)25(14)10-17(18,19)20/h2-4,9,11,22,26H,5-8,10H2,1H3,(H2,21,23). The minimum Gasteiger partial charge on any atom is -0.409 e. The van der Waals surface area contributed by atoms with Gasteiger partial charge in [-0.05, 0) is 51.2 Å². The van der Waals surface area contributed by atoms with E-state index in [0.717, 1.165) is 36.2 Å². The molecule has 2 aromatic rings. The van der Waals surface area contributed by atoms with E-state index in [1.165, 1.54) is 6.07 Å². The first-order valence-electron chi connectivity index (χ1n) is 8.40. The summed E-state index contributed by atoms with van der Waals surface area (Å²) in [4.78, 5) is 2.25. The number of piperidine rings is 1. The van der Waals surface area contributed by atoms with Crippen molar-refractivity contribution >= 4 is 22.4 Å². The number of alkyl halides is 3. The summed E-state index contributed by atoms with van der Waals surface area (Å²) < 4.78 is 40.1. The molecule has 4 N–H and O–H groups in total. The van der Waals surface area contributed by atoms with Gasteiger partial charge >= 0.3 is 6.18 Å². The normalized spacial score (nSPS) is 17.8. The van der Waals surface area contributed by atoms with Crippen LogP contribution in [0.3, 0.4) is 0 Å². The van der Waals surface area contributed by atoms with E-state index in [0.29, 0.717) is 10.9 Å². The number of hydrogen-bond acceptors (Lipinski definition) is 4. The summed E-state index contributed by atoms with van der Waals surface area (Å²) in [7, 11) is 2.07. The lowest BCUT2D eigenvalue weighted by atomic mass is 10.0. The van der Waals surface area contributed by atoms with Crippen LogP contribution in [0, 0.1) is 0 Å². The first kappa shape index (κ1) is 18.4. The SMILES string of the molecule is CN1CCC(Nc2cccc3c2cc(C(N)=NO)n3CC(F)(F)F)CC1. The van der Waals surface area contributed by atoms with Gasteiger partial charge in [-0.1, -0.05) is 11.2 Å². The fraction of sp³-hybridized carbons (Fsp3) is 0.471. The van der Waals surface area contributed by atoms with E-state index in [4.69, 9.17) is 10.9 Å². The Morgan fingerprint density at radius 1 is 1.35 bits per heavy atom. The van der Waals surface area contributed by atoms with Crippen LogP contribution in [0.5, 0.6) is 0 Å². The molecule has 2 heterocycles. The molecule has 0 radical (unpaired) electrons. The van der Waals surface area contributed by atoms with Gasteiger partial charge in [0.05, 0.1) is 11.2 Å². The number of benzene rings is 1. The number of rotatable bonds is 4. The quantitative estimate of drug-likeness (QED) is 0.335. The lowest BCUT2D eigenvalue weighted by Gasteiger charge is -2.30. The van der Waals surface area contributed by atoms with Crippen LogP contribution in [0.15, 0.2) is 29.4 Å². The molecule has 1 aliphatic rings. The highest BCUT2D eigenvalue weighted by Crippen LogP contribution is 2.31. The van der Waals surface area contributed by atoms with Crippen LogP contribution in [-0.4, -0.2) is 52.9 Å². The number of hydrogen-bond donors (Lipinski definition) is 3. The lowest BCUT2D eigenvalue weighted by Crippen LogP contribution is -2.36. The van der Waals surface area contributed by atoms with Crippen LogP contribution in [0.2, 0.25) is 0 Å². The summed E-state index contributed by atoms with van der Waals surface area (Å²) >= 11 is 0. The number of likely N-dealkylation sites (tertiary alicyclic amines) is 1. The Labute approximate surface area is 149 Å². The predicted molar refractivity (Wildman–Crippen MR) is 94.6 cm³/mol. The second-order valence-corrected chi connectivity index (χ2v) is 6.68. The van der Waals surface area contributed by atoms with Gasteiger partial charge in [-0.15, -0.1) is 0 Å². The summed E-state index contributed by atoms with van der Waals surface area (Å²) in [6, 6.07) is 6.95. The first-order chi connectivity index (χ1) is 12.3. The number of nitrogens with two attached hydrogens (primary N) is 1. The maximum atomic E-state index is 13.0. The average Bonchev–Trinajstić information content (AvgIpc) is 2.94. The van der Waals surface area contributed by atoms with Crippen molar-refractivity contribution in [1.82, 2.24) is 9.47 Å². The topological polar surface area (TPSA) is 78.8 Å². The molecular formula is C17H22F3N5O. The van der Waals surface area contributed by atoms with E-state index >= 15 is 0 Å². The van der Waals surface area contributed by atoms with Gasteiger partial charge in [-0.25, -0.2) is 0 Å². The Bertz CT molecular complexity index is 807. The van der Waals surface area contributed by atoms with Gasteiger partial charge in [-0.2, -0.15) is 13.2 Å². The van der Waals surface area contributed by atoms with Crippen LogP contribution in [0.1, 0.15) is 18.5 Å². The number of halogens is 3. The highest BCUT2D eigenvalue weighted by molar-refractivity contribution is 6.04. The Kier molecular flexibility index (Phi) is 4.99. The molecule has 1 aliphatic heterocycles. The van der Waals surface area contributed by atoms with E-state index in [1.54, 1.807) is 12.1 Å². The van der Waals surface area contributed by atoms with Crippen molar-refractivity contribution in [1.29, 1.82) is 0 Å². The third-order valence-corrected chi connectivity index (χ3v) is 4.73. The first-order valence-corrected chi connectivity index (χ1v) is 8.40. The van der Waals surface area contributed by atoms with Crippen molar-refractivity contribution in [3.8, 4) is 0 Å². The van der Waals surface area contributed by atoms with E-state index < -0.39 is 12.7 Å². The van der Waals surface area contributed by atoms with Gasteiger partial charge in [0.15, 0.2) is 5.84 Å². The van der Waals surface area contributed by atoms with Gasteiger partial charge in [0.2, 0.25) is 0 Å². The van der Waals surface area contributed by atoms with Crippen LogP contribution < -0.4 is 11.1 Å². The van der Waals surface area contributed by atoms with Crippen molar-refractivity contribution in [3.05, 3.63) is 30.0 Å². The second kappa shape index (κ2) is 7.06. The zero-order chi connectivity index (χ0) is 18.9. The van der Waals surface area contributed by atoms with E-state index in [2.05, 4.69) is 22.4 Å². The molecule has 3 rings (SSSR count). The van der Waals surface area contributed by atoms with Crippen LogP contribution in [0.4, 0.5) is 18.9 Å². The molecule has 0 unspecified atom stereocenters.